The number of hydrogen-bond donors (Lipinski definition) is 1. The summed E-state index contributed by atoms with van der Waals surface area (Å²) in [6.07, 6.45) is 4.52. The van der Waals surface area contributed by atoms with Crippen molar-refractivity contribution < 1.29 is 18.7 Å². The molecule has 29 heavy (non-hydrogen) atoms. The van der Waals surface area contributed by atoms with Gasteiger partial charge in [-0.15, -0.1) is 0 Å². The molecular weight excluding hydrogens is 395 g/mol. The van der Waals surface area contributed by atoms with Crippen molar-refractivity contribution >= 4 is 28.4 Å². The standard InChI is InChI=1S/C22H28ClFN2O3/c1-22(24)7-5-15(6-8-22)11-25-21(27)17-13-26(12-16-14-28-9-10-29-16)19-4-2-3-18(23)20(17)19/h2-4,13,15-16H,5-12,14H2,1H3,(H,25,27). The maximum Gasteiger partial charge on any atom is 0.253 e. The number of fused-ring (bicyclic) bond motifs is 1. The molecular formula is C22H28ClFN2O3. The number of carbonyl (C=O) groups is 1. The van der Waals surface area contributed by atoms with Crippen LogP contribution >= 0.6 is 11.6 Å². The number of amides is 1. The van der Waals surface area contributed by atoms with Crippen molar-refractivity contribution in [2.45, 2.75) is 50.9 Å². The van der Waals surface area contributed by atoms with Crippen molar-refractivity contribution in [2.24, 2.45) is 5.92 Å². The van der Waals surface area contributed by atoms with Gasteiger partial charge in [-0.05, 0) is 50.7 Å². The molecule has 1 N–H and O–H groups in total. The average Bonchev–Trinajstić information content (AvgIpc) is 3.08. The van der Waals surface area contributed by atoms with Crippen LogP contribution in [0.5, 0.6) is 0 Å². The molecule has 0 spiro atoms. The summed E-state index contributed by atoms with van der Waals surface area (Å²) in [6.45, 7) is 4.56. The predicted molar refractivity (Wildman–Crippen MR) is 111 cm³/mol. The maximum absolute atomic E-state index is 14.0. The van der Waals surface area contributed by atoms with Crippen molar-refractivity contribution in [2.75, 3.05) is 26.4 Å². The highest BCUT2D eigenvalue weighted by molar-refractivity contribution is 6.36. The SMILES string of the molecule is CC1(F)CCC(CNC(=O)c2cn(CC3COCCO3)c3cccc(Cl)c23)CC1. The monoisotopic (exact) mass is 422 g/mol. The Bertz CT molecular complexity index is 866. The number of aromatic nitrogens is 1. The van der Waals surface area contributed by atoms with Gasteiger partial charge in [0.25, 0.3) is 5.91 Å². The first-order valence-electron chi connectivity index (χ1n) is 10.4. The number of nitrogens with zero attached hydrogens (tertiary/aromatic N) is 1. The number of carbonyl (C=O) groups excluding carboxylic acids is 1. The van der Waals surface area contributed by atoms with E-state index in [2.05, 4.69) is 5.32 Å². The fourth-order valence-electron chi connectivity index (χ4n) is 4.31. The molecule has 2 heterocycles. The van der Waals surface area contributed by atoms with Gasteiger partial charge in [-0.1, -0.05) is 17.7 Å². The average molecular weight is 423 g/mol. The van der Waals surface area contributed by atoms with E-state index in [1.54, 1.807) is 13.0 Å². The minimum absolute atomic E-state index is 0.0495. The summed E-state index contributed by atoms with van der Waals surface area (Å²) in [5.74, 6) is 0.177. The normalized spacial score (nSPS) is 27.8. The van der Waals surface area contributed by atoms with Gasteiger partial charge in [0.15, 0.2) is 0 Å². The smallest absolute Gasteiger partial charge is 0.253 e. The first-order valence-corrected chi connectivity index (χ1v) is 10.7. The van der Waals surface area contributed by atoms with Crippen molar-refractivity contribution in [1.29, 1.82) is 0 Å². The molecule has 2 aromatic rings. The maximum atomic E-state index is 14.0. The second-order valence-corrected chi connectivity index (χ2v) is 8.87. The molecule has 1 aliphatic carbocycles. The molecule has 1 atom stereocenters. The van der Waals surface area contributed by atoms with Crippen molar-refractivity contribution in [1.82, 2.24) is 9.88 Å². The van der Waals surface area contributed by atoms with Gasteiger partial charge in [0.1, 0.15) is 5.67 Å². The highest BCUT2D eigenvalue weighted by Gasteiger charge is 2.31. The molecule has 0 bridgehead atoms. The van der Waals surface area contributed by atoms with Crippen LogP contribution in [0.1, 0.15) is 43.0 Å². The van der Waals surface area contributed by atoms with Crippen LogP contribution in [0.15, 0.2) is 24.4 Å². The fraction of sp³-hybridized carbons (Fsp3) is 0.591. The topological polar surface area (TPSA) is 52.5 Å². The van der Waals surface area contributed by atoms with Gasteiger partial charge >= 0.3 is 0 Å². The first-order chi connectivity index (χ1) is 13.9. The van der Waals surface area contributed by atoms with Gasteiger partial charge in [0.05, 0.1) is 48.6 Å². The van der Waals surface area contributed by atoms with Gasteiger partial charge in [0.2, 0.25) is 0 Å². The molecule has 1 aliphatic heterocycles. The molecule has 7 heteroatoms. The van der Waals surface area contributed by atoms with Crippen LogP contribution in [-0.4, -0.2) is 48.6 Å². The number of nitrogens with one attached hydrogen (secondary N) is 1. The number of halogens is 2. The highest BCUT2D eigenvalue weighted by Crippen LogP contribution is 2.34. The Morgan fingerprint density at radius 1 is 1.34 bits per heavy atom. The van der Waals surface area contributed by atoms with Crippen LogP contribution in [0.25, 0.3) is 10.9 Å². The molecule has 1 amide bonds. The predicted octanol–water partition coefficient (Wildman–Crippen LogP) is 4.36. The third-order valence-corrected chi connectivity index (χ3v) is 6.40. The molecule has 0 radical (unpaired) electrons. The van der Waals surface area contributed by atoms with Crippen LogP contribution in [0.2, 0.25) is 5.02 Å². The van der Waals surface area contributed by atoms with E-state index in [-0.39, 0.29) is 12.0 Å². The highest BCUT2D eigenvalue weighted by atomic mass is 35.5. The molecule has 2 aliphatic rings. The van der Waals surface area contributed by atoms with Crippen LogP contribution in [-0.2, 0) is 16.0 Å². The Morgan fingerprint density at radius 2 is 2.14 bits per heavy atom. The van der Waals surface area contributed by atoms with Crippen molar-refractivity contribution in [3.63, 3.8) is 0 Å². The van der Waals surface area contributed by atoms with Crippen molar-refractivity contribution in [3.05, 3.63) is 35.0 Å². The molecule has 1 saturated carbocycles. The lowest BCUT2D eigenvalue weighted by atomic mass is 9.81. The lowest BCUT2D eigenvalue weighted by Crippen LogP contribution is -2.34. The van der Waals surface area contributed by atoms with Gasteiger partial charge in [0, 0.05) is 18.1 Å². The minimum Gasteiger partial charge on any atom is -0.376 e. The number of alkyl halides is 1. The summed E-state index contributed by atoms with van der Waals surface area (Å²) in [6, 6.07) is 5.65. The molecule has 1 unspecified atom stereocenters. The molecule has 1 saturated heterocycles. The Kier molecular flexibility index (Phi) is 6.13. The zero-order valence-corrected chi connectivity index (χ0v) is 17.5. The fourth-order valence-corrected chi connectivity index (χ4v) is 4.58. The molecule has 5 nitrogen and oxygen atoms in total. The lowest BCUT2D eigenvalue weighted by Gasteiger charge is -2.31. The van der Waals surface area contributed by atoms with E-state index in [1.807, 2.05) is 22.9 Å². The van der Waals surface area contributed by atoms with Crippen molar-refractivity contribution in [3.8, 4) is 0 Å². The number of benzene rings is 1. The molecule has 4 rings (SSSR count). The molecule has 1 aromatic heterocycles. The molecule has 158 valence electrons. The Balaban J connectivity index is 1.49. The zero-order chi connectivity index (χ0) is 20.4. The van der Waals surface area contributed by atoms with E-state index in [9.17, 15) is 9.18 Å². The summed E-state index contributed by atoms with van der Waals surface area (Å²) in [5, 5.41) is 4.35. The van der Waals surface area contributed by atoms with E-state index >= 15 is 0 Å². The summed E-state index contributed by atoms with van der Waals surface area (Å²) >= 11 is 6.45. The second kappa shape index (κ2) is 8.62. The van der Waals surface area contributed by atoms with E-state index in [0.717, 1.165) is 23.7 Å². The van der Waals surface area contributed by atoms with Crippen LogP contribution < -0.4 is 5.32 Å². The number of ether oxygens (including phenoxy) is 2. The van der Waals surface area contributed by atoms with Crippen LogP contribution in [0, 0.1) is 5.92 Å². The summed E-state index contributed by atoms with van der Waals surface area (Å²) in [4.78, 5) is 13.0. The van der Waals surface area contributed by atoms with Gasteiger partial charge in [-0.25, -0.2) is 4.39 Å². The van der Waals surface area contributed by atoms with E-state index in [0.29, 0.717) is 62.3 Å². The summed E-state index contributed by atoms with van der Waals surface area (Å²) in [5.41, 5.74) is 0.406. The quantitative estimate of drug-likeness (QED) is 0.778. The van der Waals surface area contributed by atoms with Gasteiger partial charge in [-0.3, -0.25) is 4.79 Å². The minimum atomic E-state index is -1.06. The van der Waals surface area contributed by atoms with Crippen LogP contribution in [0.4, 0.5) is 4.39 Å². The Labute approximate surface area is 175 Å². The lowest BCUT2D eigenvalue weighted by molar-refractivity contribution is -0.0932. The van der Waals surface area contributed by atoms with E-state index in [1.165, 1.54) is 0 Å². The van der Waals surface area contributed by atoms with Gasteiger partial charge < -0.3 is 19.4 Å². The van der Waals surface area contributed by atoms with E-state index < -0.39 is 5.67 Å². The zero-order valence-electron chi connectivity index (χ0n) is 16.8. The number of rotatable bonds is 5. The van der Waals surface area contributed by atoms with Gasteiger partial charge in [-0.2, -0.15) is 0 Å². The largest absolute Gasteiger partial charge is 0.376 e. The Morgan fingerprint density at radius 3 is 2.86 bits per heavy atom. The number of hydrogen-bond acceptors (Lipinski definition) is 3. The molecule has 2 fully saturated rings. The first kappa shape index (κ1) is 20.6. The third kappa shape index (κ3) is 4.76. The summed E-state index contributed by atoms with van der Waals surface area (Å²) in [7, 11) is 0. The Hall–Kier alpha value is -1.63. The van der Waals surface area contributed by atoms with Crippen LogP contribution in [0.3, 0.4) is 0 Å². The summed E-state index contributed by atoms with van der Waals surface area (Å²) < 4.78 is 27.3. The molecule has 1 aromatic carbocycles. The van der Waals surface area contributed by atoms with E-state index in [4.69, 9.17) is 21.1 Å². The third-order valence-electron chi connectivity index (χ3n) is 6.08. The second-order valence-electron chi connectivity index (χ2n) is 8.46.